The van der Waals surface area contributed by atoms with Crippen LogP contribution in [0.25, 0.3) is 6.08 Å². The Hall–Kier alpha value is -2.25. The topological polar surface area (TPSA) is 63.7 Å². The van der Waals surface area contributed by atoms with Crippen molar-refractivity contribution in [2.75, 3.05) is 0 Å². The minimum Gasteiger partial charge on any atom is -0.392 e. The van der Waals surface area contributed by atoms with E-state index in [0.717, 1.165) is 22.2 Å². The van der Waals surface area contributed by atoms with E-state index in [-0.39, 0.29) is 16.6 Å². The lowest BCUT2D eigenvalue weighted by Crippen LogP contribution is -2.41. The second kappa shape index (κ2) is 6.47. The van der Waals surface area contributed by atoms with Crippen LogP contribution in [-0.4, -0.2) is 33.1 Å². The number of hydrogen-bond acceptors (Lipinski definition) is 6. The summed E-state index contributed by atoms with van der Waals surface area (Å²) in [4.78, 5) is 36.8. The quantitative estimate of drug-likeness (QED) is 0.362. The second-order valence-electron chi connectivity index (χ2n) is 4.86. The first-order valence-electron chi connectivity index (χ1n) is 6.79. The highest BCUT2D eigenvalue weighted by atomic mass is 32.2. The van der Waals surface area contributed by atoms with Crippen LogP contribution >= 0.6 is 24.0 Å². The zero-order chi connectivity index (χ0) is 16.4. The van der Waals surface area contributed by atoms with Crippen LogP contribution in [0.1, 0.15) is 12.0 Å². The number of nitrogens with zero attached hydrogens (tertiary/aromatic N) is 1. The molecule has 0 spiro atoms. The van der Waals surface area contributed by atoms with Crippen molar-refractivity contribution in [1.82, 2.24) is 4.90 Å². The third-order valence-corrected chi connectivity index (χ3v) is 4.67. The molecule has 0 unspecified atom stereocenters. The molecular weight excluding hydrogens is 334 g/mol. The fraction of sp³-hybridized carbons (Fsp3) is 0.125. The first-order chi connectivity index (χ1) is 11.1. The van der Waals surface area contributed by atoms with E-state index < -0.39 is 18.0 Å². The summed E-state index contributed by atoms with van der Waals surface area (Å²) >= 11 is 6.26. The number of carbonyl (C=O) groups excluding carboxylic acids is 3. The molecule has 0 aromatic heterocycles. The van der Waals surface area contributed by atoms with Gasteiger partial charge in [-0.1, -0.05) is 66.5 Å². The van der Waals surface area contributed by atoms with Gasteiger partial charge in [0.15, 0.2) is 0 Å². The molecule has 23 heavy (non-hydrogen) atoms. The third-order valence-electron chi connectivity index (χ3n) is 3.32. The van der Waals surface area contributed by atoms with Gasteiger partial charge in [-0.15, -0.1) is 0 Å². The number of esters is 2. The summed E-state index contributed by atoms with van der Waals surface area (Å²) in [7, 11) is 0. The van der Waals surface area contributed by atoms with Crippen molar-refractivity contribution >= 4 is 52.2 Å². The molecule has 0 bridgehead atoms. The van der Waals surface area contributed by atoms with Crippen molar-refractivity contribution < 1.29 is 19.1 Å². The number of ether oxygens (including phenoxy) is 1. The zero-order valence-electron chi connectivity index (χ0n) is 11.8. The Bertz CT molecular complexity index is 755. The third kappa shape index (κ3) is 3.25. The molecule has 5 nitrogen and oxygen atoms in total. The van der Waals surface area contributed by atoms with Crippen molar-refractivity contribution in [2.45, 2.75) is 12.5 Å². The molecule has 0 radical (unpaired) electrons. The molecule has 2 saturated heterocycles. The van der Waals surface area contributed by atoms with Crippen molar-refractivity contribution in [1.29, 1.82) is 0 Å². The summed E-state index contributed by atoms with van der Waals surface area (Å²) < 4.78 is 4.74. The molecule has 2 heterocycles. The fourth-order valence-corrected chi connectivity index (χ4v) is 3.54. The van der Waals surface area contributed by atoms with Gasteiger partial charge in [-0.3, -0.25) is 14.5 Å². The van der Waals surface area contributed by atoms with E-state index in [1.54, 1.807) is 12.2 Å². The predicted molar refractivity (Wildman–Crippen MR) is 90.1 cm³/mol. The average Bonchev–Trinajstić information content (AvgIpc) is 2.99. The van der Waals surface area contributed by atoms with E-state index in [0.29, 0.717) is 4.91 Å². The lowest BCUT2D eigenvalue weighted by atomic mass is 10.2. The van der Waals surface area contributed by atoms with Crippen LogP contribution in [0.3, 0.4) is 0 Å². The Kier molecular flexibility index (Phi) is 4.40. The number of hydrogen-bond donors (Lipinski definition) is 0. The van der Waals surface area contributed by atoms with E-state index in [1.807, 2.05) is 36.4 Å². The number of thioether (sulfide) groups is 1. The van der Waals surface area contributed by atoms with Gasteiger partial charge in [0.25, 0.3) is 5.91 Å². The summed E-state index contributed by atoms with van der Waals surface area (Å²) in [5.74, 6) is -1.75. The molecule has 2 aliphatic rings. The van der Waals surface area contributed by atoms with Gasteiger partial charge in [-0.05, 0) is 11.6 Å². The lowest BCUT2D eigenvalue weighted by molar-refractivity contribution is -0.153. The number of carbonyl (C=O) groups is 3. The summed E-state index contributed by atoms with van der Waals surface area (Å²) in [6, 6.07) is 8.69. The number of allylic oxidation sites excluding steroid dienone is 2. The Labute approximate surface area is 142 Å². The first kappa shape index (κ1) is 15.6. The maximum absolute atomic E-state index is 12.4. The molecule has 1 aromatic rings. The highest BCUT2D eigenvalue weighted by molar-refractivity contribution is 8.26. The maximum atomic E-state index is 12.4. The van der Waals surface area contributed by atoms with Crippen LogP contribution < -0.4 is 0 Å². The number of thiocarbonyl (C=S) groups is 1. The summed E-state index contributed by atoms with van der Waals surface area (Å²) in [6.07, 6.45) is 5.10. The van der Waals surface area contributed by atoms with Gasteiger partial charge >= 0.3 is 11.9 Å². The van der Waals surface area contributed by atoms with Gasteiger partial charge in [-0.25, -0.2) is 4.79 Å². The zero-order valence-corrected chi connectivity index (χ0v) is 13.4. The molecule has 2 aliphatic heterocycles. The molecule has 2 fully saturated rings. The number of rotatable bonds is 3. The molecule has 0 N–H and O–H groups in total. The lowest BCUT2D eigenvalue weighted by Gasteiger charge is -2.17. The summed E-state index contributed by atoms with van der Waals surface area (Å²) in [6.45, 7) is 0. The highest BCUT2D eigenvalue weighted by Crippen LogP contribution is 2.34. The average molecular weight is 345 g/mol. The largest absolute Gasteiger partial charge is 0.392 e. The molecule has 7 heteroatoms. The first-order valence-corrected chi connectivity index (χ1v) is 8.02. The minimum absolute atomic E-state index is 0.154. The Morgan fingerprint density at radius 2 is 1.96 bits per heavy atom. The Balaban J connectivity index is 1.76. The maximum Gasteiger partial charge on any atom is 0.337 e. The van der Waals surface area contributed by atoms with Crippen LogP contribution in [-0.2, 0) is 19.1 Å². The molecule has 0 saturated carbocycles. The molecule has 3 rings (SSSR count). The van der Waals surface area contributed by atoms with Crippen molar-refractivity contribution in [3.8, 4) is 0 Å². The van der Waals surface area contributed by atoms with Crippen molar-refractivity contribution in [2.24, 2.45) is 0 Å². The van der Waals surface area contributed by atoms with E-state index in [9.17, 15) is 14.4 Å². The second-order valence-corrected chi connectivity index (χ2v) is 6.53. The molecule has 1 atom stereocenters. The number of cyclic esters (lactones) is 2. The number of amides is 1. The summed E-state index contributed by atoms with van der Waals surface area (Å²) in [5.41, 5.74) is 1.00. The van der Waals surface area contributed by atoms with E-state index in [4.69, 9.17) is 12.2 Å². The van der Waals surface area contributed by atoms with Crippen molar-refractivity contribution in [3.63, 3.8) is 0 Å². The van der Waals surface area contributed by atoms with E-state index in [1.165, 1.54) is 0 Å². The highest BCUT2D eigenvalue weighted by Gasteiger charge is 2.46. The van der Waals surface area contributed by atoms with Gasteiger partial charge in [0, 0.05) is 0 Å². The Morgan fingerprint density at radius 3 is 2.61 bits per heavy atom. The van der Waals surface area contributed by atoms with E-state index in [2.05, 4.69) is 4.74 Å². The van der Waals surface area contributed by atoms with Gasteiger partial charge in [-0.2, -0.15) is 0 Å². The van der Waals surface area contributed by atoms with Crippen LogP contribution in [0.4, 0.5) is 0 Å². The van der Waals surface area contributed by atoms with Gasteiger partial charge in [0.2, 0.25) is 0 Å². The monoisotopic (exact) mass is 345 g/mol. The molecule has 1 aromatic carbocycles. The standard InChI is InChI=1S/C16H11NO4S2/c18-13-9-11(15(20)21-13)17-14(19)12(23-16(17)22)8-4-7-10-5-2-1-3-6-10/h1-8,11H,9H2/b7-4+,12-8-/t11-/m0/s1. The SMILES string of the molecule is O=C1C[C@H](N2C(=O)/C(=C/C=C/c3ccccc3)SC2=S)C(=O)O1. The van der Waals surface area contributed by atoms with Gasteiger partial charge in [0.1, 0.15) is 10.4 Å². The molecule has 116 valence electrons. The van der Waals surface area contributed by atoms with Crippen LogP contribution in [0.5, 0.6) is 0 Å². The minimum atomic E-state index is -0.945. The van der Waals surface area contributed by atoms with Crippen molar-refractivity contribution in [3.05, 3.63) is 53.0 Å². The number of benzene rings is 1. The van der Waals surface area contributed by atoms with Crippen LogP contribution in [0, 0.1) is 0 Å². The summed E-state index contributed by atoms with van der Waals surface area (Å²) in [5, 5.41) is 0. The normalized spacial score (nSPS) is 23.4. The van der Waals surface area contributed by atoms with Gasteiger partial charge < -0.3 is 4.74 Å². The predicted octanol–water partition coefficient (Wildman–Crippen LogP) is 2.29. The Morgan fingerprint density at radius 1 is 1.22 bits per heavy atom. The van der Waals surface area contributed by atoms with Crippen LogP contribution in [0.2, 0.25) is 0 Å². The van der Waals surface area contributed by atoms with Gasteiger partial charge in [0.05, 0.1) is 11.3 Å². The van der Waals surface area contributed by atoms with E-state index >= 15 is 0 Å². The van der Waals surface area contributed by atoms with Crippen LogP contribution in [0.15, 0.2) is 47.4 Å². The fourth-order valence-electron chi connectivity index (χ4n) is 2.23. The smallest absolute Gasteiger partial charge is 0.337 e. The molecule has 1 amide bonds. The molecule has 0 aliphatic carbocycles. The molecular formula is C16H11NO4S2.